The van der Waals surface area contributed by atoms with Crippen molar-refractivity contribution in [2.24, 2.45) is 0 Å². The van der Waals surface area contributed by atoms with Crippen LogP contribution in [0, 0.1) is 17.0 Å². The molecule has 0 amide bonds. The maximum Gasteiger partial charge on any atom is 0.329 e. The van der Waals surface area contributed by atoms with Crippen molar-refractivity contribution in [1.29, 1.82) is 0 Å². The smallest absolute Gasteiger partial charge is 0.329 e. The lowest BCUT2D eigenvalue weighted by molar-refractivity contribution is -0.384. The number of hydrogen-bond acceptors (Lipinski definition) is 9. The first kappa shape index (κ1) is 15.6. The lowest BCUT2D eigenvalue weighted by Gasteiger charge is -2.17. The zero-order valence-electron chi connectivity index (χ0n) is 12.9. The molecular weight excluding hydrogens is 316 g/mol. The Morgan fingerprint density at radius 2 is 2.29 bits per heavy atom. The molecule has 126 valence electrons. The van der Waals surface area contributed by atoms with Gasteiger partial charge in [-0.05, 0) is 13.3 Å². The predicted molar refractivity (Wildman–Crippen MR) is 86.9 cm³/mol. The molecule has 1 atom stereocenters. The van der Waals surface area contributed by atoms with Crippen molar-refractivity contribution < 1.29 is 4.92 Å². The Labute approximate surface area is 136 Å². The Morgan fingerprint density at radius 3 is 2.96 bits per heavy atom. The molecule has 4 N–H and O–H groups in total. The first-order valence-electron chi connectivity index (χ1n) is 7.29. The summed E-state index contributed by atoms with van der Waals surface area (Å²) in [6, 6.07) is 1.44. The molecule has 0 aromatic carbocycles. The maximum atomic E-state index is 11.5. The summed E-state index contributed by atoms with van der Waals surface area (Å²) in [5.74, 6) is 0.570. The van der Waals surface area contributed by atoms with Crippen LogP contribution in [0.15, 0.2) is 17.1 Å². The van der Waals surface area contributed by atoms with Crippen LogP contribution < -0.4 is 21.5 Å². The average Bonchev–Trinajstić information content (AvgIpc) is 2.94. The number of aromatic amines is 1. The molecule has 3 rings (SSSR count). The minimum Gasteiger partial charge on any atom is -0.378 e. The van der Waals surface area contributed by atoms with Gasteiger partial charge in [-0.2, -0.15) is 4.98 Å². The molecule has 0 aliphatic carbocycles. The molecule has 1 unspecified atom stereocenters. The van der Waals surface area contributed by atoms with Crippen molar-refractivity contribution in [3.05, 3.63) is 38.4 Å². The largest absolute Gasteiger partial charge is 0.378 e. The van der Waals surface area contributed by atoms with Gasteiger partial charge in [0.2, 0.25) is 17.7 Å². The molecule has 2 aromatic rings. The van der Waals surface area contributed by atoms with E-state index < -0.39 is 4.92 Å². The fraction of sp³-hybridized carbons (Fsp3) is 0.385. The molecule has 0 bridgehead atoms. The number of hydrogen-bond donors (Lipinski definition) is 3. The zero-order chi connectivity index (χ0) is 17.3. The van der Waals surface area contributed by atoms with E-state index in [0.717, 1.165) is 12.6 Å². The van der Waals surface area contributed by atoms with Gasteiger partial charge in [-0.15, -0.1) is 0 Å². The minimum absolute atomic E-state index is 0.0108. The number of nitrogens with one attached hydrogen (secondary N) is 2. The van der Waals surface area contributed by atoms with Crippen molar-refractivity contribution in [1.82, 2.24) is 19.9 Å². The molecule has 11 nitrogen and oxygen atoms in total. The third kappa shape index (κ3) is 3.24. The summed E-state index contributed by atoms with van der Waals surface area (Å²) in [6.45, 7) is 3.05. The molecule has 3 heterocycles. The van der Waals surface area contributed by atoms with E-state index in [0.29, 0.717) is 24.7 Å². The van der Waals surface area contributed by atoms with Gasteiger partial charge in [0.25, 0.3) is 5.56 Å². The van der Waals surface area contributed by atoms with Crippen LogP contribution in [0.2, 0.25) is 0 Å². The Hall–Kier alpha value is -3.24. The summed E-state index contributed by atoms with van der Waals surface area (Å²) in [7, 11) is 0. The number of rotatable bonds is 4. The summed E-state index contributed by atoms with van der Waals surface area (Å²) in [4.78, 5) is 38.4. The lowest BCUT2D eigenvalue weighted by Crippen LogP contribution is -2.29. The van der Waals surface area contributed by atoms with Crippen LogP contribution in [-0.4, -0.2) is 44.0 Å². The number of aryl methyl sites for hydroxylation is 1. The van der Waals surface area contributed by atoms with Crippen LogP contribution >= 0.6 is 0 Å². The number of nitrogen functional groups attached to an aromatic ring is 1. The molecule has 24 heavy (non-hydrogen) atoms. The molecule has 11 heteroatoms. The fourth-order valence-electron chi connectivity index (χ4n) is 2.56. The number of nitro groups is 1. The van der Waals surface area contributed by atoms with Crippen molar-refractivity contribution in [2.45, 2.75) is 19.4 Å². The molecule has 2 aromatic heterocycles. The highest BCUT2D eigenvalue weighted by Crippen LogP contribution is 2.21. The summed E-state index contributed by atoms with van der Waals surface area (Å²) in [5, 5.41) is 13.8. The van der Waals surface area contributed by atoms with Gasteiger partial charge in [-0.1, -0.05) is 0 Å². The quantitative estimate of drug-likeness (QED) is 0.520. The van der Waals surface area contributed by atoms with Gasteiger partial charge in [0.1, 0.15) is 6.20 Å². The molecule has 1 saturated heterocycles. The van der Waals surface area contributed by atoms with Crippen molar-refractivity contribution in [3.8, 4) is 0 Å². The SMILES string of the molecule is Cc1cc(=O)[nH]c(N2CCC(Nc3ncc([N+](=O)[O-])c(N)n3)C2)n1. The first-order chi connectivity index (χ1) is 11.4. The highest BCUT2D eigenvalue weighted by Gasteiger charge is 2.25. The van der Waals surface area contributed by atoms with E-state index in [1.54, 1.807) is 6.92 Å². The topological polar surface area (TPSA) is 156 Å². The van der Waals surface area contributed by atoms with Gasteiger partial charge < -0.3 is 16.0 Å². The molecular formula is C13H16N8O3. The van der Waals surface area contributed by atoms with E-state index in [4.69, 9.17) is 5.73 Å². The van der Waals surface area contributed by atoms with Crippen molar-refractivity contribution >= 4 is 23.4 Å². The number of aromatic nitrogens is 4. The lowest BCUT2D eigenvalue weighted by atomic mass is 10.3. The molecule has 1 fully saturated rings. The molecule has 1 aliphatic heterocycles. The molecule has 0 spiro atoms. The van der Waals surface area contributed by atoms with Gasteiger partial charge in [-0.25, -0.2) is 9.97 Å². The van der Waals surface area contributed by atoms with Crippen molar-refractivity contribution in [2.75, 3.05) is 29.0 Å². The second-order valence-electron chi connectivity index (χ2n) is 5.51. The highest BCUT2D eigenvalue weighted by molar-refractivity contribution is 5.53. The van der Waals surface area contributed by atoms with Gasteiger partial charge >= 0.3 is 5.69 Å². The van der Waals surface area contributed by atoms with Crippen LogP contribution in [0.3, 0.4) is 0 Å². The average molecular weight is 332 g/mol. The number of anilines is 3. The Bertz CT molecular complexity index is 836. The first-order valence-corrected chi connectivity index (χ1v) is 7.29. The van der Waals surface area contributed by atoms with E-state index in [9.17, 15) is 14.9 Å². The van der Waals surface area contributed by atoms with Crippen LogP contribution in [0.1, 0.15) is 12.1 Å². The minimum atomic E-state index is -0.629. The van der Waals surface area contributed by atoms with Crippen molar-refractivity contribution in [3.63, 3.8) is 0 Å². The van der Waals surface area contributed by atoms with Crippen LogP contribution in [-0.2, 0) is 0 Å². The van der Waals surface area contributed by atoms with E-state index in [1.807, 2.05) is 4.90 Å². The second-order valence-corrected chi connectivity index (χ2v) is 5.51. The fourth-order valence-corrected chi connectivity index (χ4v) is 2.56. The van der Waals surface area contributed by atoms with Crippen LogP contribution in [0.5, 0.6) is 0 Å². The molecule has 1 aliphatic rings. The third-order valence-electron chi connectivity index (χ3n) is 3.67. The third-order valence-corrected chi connectivity index (χ3v) is 3.67. The molecule has 0 radical (unpaired) electrons. The monoisotopic (exact) mass is 332 g/mol. The highest BCUT2D eigenvalue weighted by atomic mass is 16.6. The van der Waals surface area contributed by atoms with E-state index in [1.165, 1.54) is 6.07 Å². The summed E-state index contributed by atoms with van der Waals surface area (Å²) < 4.78 is 0. The van der Waals surface area contributed by atoms with E-state index in [-0.39, 0.29) is 29.1 Å². The van der Waals surface area contributed by atoms with Crippen LogP contribution in [0.4, 0.5) is 23.4 Å². The number of H-pyrrole nitrogens is 1. The predicted octanol–water partition coefficient (Wildman–Crippen LogP) is 0.0495. The Morgan fingerprint density at radius 1 is 1.50 bits per heavy atom. The maximum absolute atomic E-state index is 11.5. The van der Waals surface area contributed by atoms with Gasteiger partial charge in [-0.3, -0.25) is 19.9 Å². The second kappa shape index (κ2) is 6.10. The normalized spacial score (nSPS) is 17.0. The van der Waals surface area contributed by atoms with Gasteiger partial charge in [0.05, 0.1) is 4.92 Å². The number of nitrogens with zero attached hydrogens (tertiary/aromatic N) is 5. The van der Waals surface area contributed by atoms with Crippen LogP contribution in [0.25, 0.3) is 0 Å². The van der Waals surface area contributed by atoms with E-state index >= 15 is 0 Å². The standard InChI is InChI=1S/C13H16N8O3/c1-7-4-10(22)18-13(16-7)20-3-2-8(6-20)17-12-15-5-9(21(23)24)11(14)19-12/h4-5,8H,2-3,6H2,1H3,(H,16,18,22)(H3,14,15,17,19). The summed E-state index contributed by atoms with van der Waals surface area (Å²) in [6.07, 6.45) is 1.86. The molecule has 0 saturated carbocycles. The van der Waals surface area contributed by atoms with E-state index in [2.05, 4.69) is 25.3 Å². The zero-order valence-corrected chi connectivity index (χ0v) is 12.9. The number of nitrogens with two attached hydrogens (primary N) is 1. The summed E-state index contributed by atoms with van der Waals surface area (Å²) in [5.41, 5.74) is 5.69. The Kier molecular flexibility index (Phi) is 3.98. The Balaban J connectivity index is 1.69. The van der Waals surface area contributed by atoms with Gasteiger partial charge in [0, 0.05) is 30.9 Å². The summed E-state index contributed by atoms with van der Waals surface area (Å²) >= 11 is 0. The van der Waals surface area contributed by atoms with Gasteiger partial charge in [0.15, 0.2) is 0 Å².